The van der Waals surface area contributed by atoms with Gasteiger partial charge in [-0.15, -0.1) is 0 Å². The number of aromatic amines is 1. The minimum absolute atomic E-state index is 0.129. The van der Waals surface area contributed by atoms with Crippen LogP contribution in [0.25, 0.3) is 22.3 Å². The van der Waals surface area contributed by atoms with E-state index in [1.54, 1.807) is 35.9 Å². The number of aryl methyl sites for hydroxylation is 1. The lowest BCUT2D eigenvalue weighted by molar-refractivity contribution is 0.103. The second kappa shape index (κ2) is 9.38. The van der Waals surface area contributed by atoms with Crippen LogP contribution in [0.5, 0.6) is 0 Å². The number of nitrogens with zero attached hydrogens (tertiary/aromatic N) is 2. The summed E-state index contributed by atoms with van der Waals surface area (Å²) in [5.41, 5.74) is 0.118. The lowest BCUT2D eigenvalue weighted by Gasteiger charge is -2.12. The summed E-state index contributed by atoms with van der Waals surface area (Å²) in [6.45, 7) is 1.80. The van der Waals surface area contributed by atoms with Crippen molar-refractivity contribution in [1.82, 2.24) is 15.0 Å². The van der Waals surface area contributed by atoms with Crippen molar-refractivity contribution in [3.8, 4) is 11.3 Å². The van der Waals surface area contributed by atoms with Gasteiger partial charge in [0.05, 0.1) is 16.9 Å². The third-order valence-electron chi connectivity index (χ3n) is 5.71. The number of hydrogen-bond acceptors (Lipinski definition) is 5. The van der Waals surface area contributed by atoms with Crippen molar-refractivity contribution in [3.05, 3.63) is 107 Å². The highest BCUT2D eigenvalue weighted by Crippen LogP contribution is 2.30. The molecule has 12 heteroatoms. The number of pyridine rings is 2. The molecule has 0 aliphatic rings. The van der Waals surface area contributed by atoms with Gasteiger partial charge in [0.15, 0.2) is 5.82 Å². The van der Waals surface area contributed by atoms with Crippen LogP contribution in [0.1, 0.15) is 21.6 Å². The number of hydrogen-bond donors (Lipinski definition) is 2. The zero-order valence-electron chi connectivity index (χ0n) is 19.4. The molecule has 0 atom stereocenters. The van der Waals surface area contributed by atoms with Crippen LogP contribution in [0, 0.1) is 30.2 Å². The summed E-state index contributed by atoms with van der Waals surface area (Å²) in [6.07, 6.45) is 2.75. The fourth-order valence-electron chi connectivity index (χ4n) is 3.89. The number of ketones is 1. The first-order valence-electron chi connectivity index (χ1n) is 11.0. The van der Waals surface area contributed by atoms with Gasteiger partial charge in [-0.3, -0.25) is 14.5 Å². The lowest BCUT2D eigenvalue weighted by atomic mass is 10.0. The highest BCUT2D eigenvalue weighted by molar-refractivity contribution is 7.92. The Morgan fingerprint density at radius 3 is 2.50 bits per heavy atom. The summed E-state index contributed by atoms with van der Waals surface area (Å²) >= 11 is 0. The van der Waals surface area contributed by atoms with Crippen molar-refractivity contribution >= 4 is 32.5 Å². The zero-order chi connectivity index (χ0) is 27.2. The summed E-state index contributed by atoms with van der Waals surface area (Å²) in [5.74, 6) is -6.22. The Bertz CT molecular complexity index is 1860. The van der Waals surface area contributed by atoms with Crippen LogP contribution in [-0.4, -0.2) is 29.2 Å². The molecule has 7 nitrogen and oxygen atoms in total. The van der Waals surface area contributed by atoms with Crippen molar-refractivity contribution in [2.24, 2.45) is 0 Å². The van der Waals surface area contributed by atoms with Crippen LogP contribution >= 0.6 is 0 Å². The smallest absolute Gasteiger partial charge is 0.265 e. The highest BCUT2D eigenvalue weighted by Gasteiger charge is 2.27. The number of fused-ring (bicyclic) bond motifs is 1. The van der Waals surface area contributed by atoms with Gasteiger partial charge in [-0.05, 0) is 55.5 Å². The van der Waals surface area contributed by atoms with E-state index in [0.717, 1.165) is 11.8 Å². The number of aromatic nitrogens is 3. The molecular weight excluding hydrogens is 524 g/mol. The molecule has 0 unspecified atom stereocenters. The molecule has 0 amide bonds. The Kier molecular flexibility index (Phi) is 6.19. The molecule has 0 saturated heterocycles. The van der Waals surface area contributed by atoms with E-state index in [0.29, 0.717) is 35.5 Å². The topological polar surface area (TPSA) is 105 Å². The molecule has 0 fully saturated rings. The van der Waals surface area contributed by atoms with Gasteiger partial charge in [0, 0.05) is 34.6 Å². The van der Waals surface area contributed by atoms with Gasteiger partial charge in [0.2, 0.25) is 5.78 Å². The molecule has 38 heavy (non-hydrogen) atoms. The third kappa shape index (κ3) is 4.50. The van der Waals surface area contributed by atoms with Gasteiger partial charge in [0.25, 0.3) is 10.0 Å². The number of carbonyl (C=O) groups is 1. The first-order chi connectivity index (χ1) is 18.0. The van der Waals surface area contributed by atoms with E-state index in [1.165, 1.54) is 12.4 Å². The lowest BCUT2D eigenvalue weighted by Crippen LogP contribution is -2.17. The molecule has 3 heterocycles. The van der Waals surface area contributed by atoms with Crippen molar-refractivity contribution in [2.45, 2.75) is 11.8 Å². The molecule has 3 aromatic heterocycles. The number of sulfonamides is 1. The van der Waals surface area contributed by atoms with Gasteiger partial charge in [-0.1, -0.05) is 6.07 Å². The maximum atomic E-state index is 15.4. The minimum atomic E-state index is -4.83. The van der Waals surface area contributed by atoms with Crippen molar-refractivity contribution in [1.29, 1.82) is 0 Å². The fourth-order valence-corrected chi connectivity index (χ4v) is 5.04. The number of anilines is 1. The molecular formula is C26H16F4N4O3S. The van der Waals surface area contributed by atoms with E-state index in [1.807, 2.05) is 0 Å². The Labute approximate surface area is 213 Å². The molecule has 0 aliphatic carbocycles. The molecule has 192 valence electrons. The van der Waals surface area contributed by atoms with Crippen LogP contribution in [0.15, 0.2) is 71.9 Å². The van der Waals surface area contributed by atoms with E-state index in [2.05, 4.69) is 15.0 Å². The molecule has 0 saturated carbocycles. The molecule has 0 spiro atoms. The maximum absolute atomic E-state index is 15.4. The fraction of sp³-hybridized carbons (Fsp3) is 0.0385. The number of carbonyl (C=O) groups excluding carboxylic acids is 1. The standard InChI is InChI=1S/C26H16F4N4O3S/c1-13-3-2-4-20(33-13)14-9-16-17(12-32-26(16)31-11-14)25(35)23-19(29)7-8-21(24(23)30)34-38(36,37)22-10-15(27)5-6-18(22)28/h2-12,34H,1H3,(H,31,32). The van der Waals surface area contributed by atoms with E-state index >= 15 is 4.39 Å². The Morgan fingerprint density at radius 1 is 0.974 bits per heavy atom. The Morgan fingerprint density at radius 2 is 1.74 bits per heavy atom. The van der Waals surface area contributed by atoms with E-state index in [4.69, 9.17) is 0 Å². The summed E-state index contributed by atoms with van der Waals surface area (Å²) in [7, 11) is -4.83. The normalized spacial score (nSPS) is 11.6. The zero-order valence-corrected chi connectivity index (χ0v) is 20.2. The van der Waals surface area contributed by atoms with Gasteiger partial charge >= 0.3 is 0 Å². The molecule has 0 aliphatic heterocycles. The van der Waals surface area contributed by atoms with E-state index in [-0.39, 0.29) is 16.6 Å². The largest absolute Gasteiger partial charge is 0.345 e. The number of halogens is 4. The predicted molar refractivity (Wildman–Crippen MR) is 131 cm³/mol. The minimum Gasteiger partial charge on any atom is -0.345 e. The quantitative estimate of drug-likeness (QED) is 0.218. The van der Waals surface area contributed by atoms with Crippen molar-refractivity contribution in [3.63, 3.8) is 0 Å². The summed E-state index contributed by atoms with van der Waals surface area (Å²) < 4.78 is 84.7. The second-order valence-electron chi connectivity index (χ2n) is 8.28. The number of rotatable bonds is 6. The Balaban J connectivity index is 1.56. The number of benzene rings is 2. The molecule has 0 radical (unpaired) electrons. The summed E-state index contributed by atoms with van der Waals surface area (Å²) in [5, 5.41) is 0.252. The average molecular weight is 540 g/mol. The third-order valence-corrected chi connectivity index (χ3v) is 7.09. The van der Waals surface area contributed by atoms with Crippen molar-refractivity contribution < 1.29 is 30.8 Å². The van der Waals surface area contributed by atoms with Crippen LogP contribution in [0.2, 0.25) is 0 Å². The van der Waals surface area contributed by atoms with Gasteiger partial charge < -0.3 is 4.98 Å². The van der Waals surface area contributed by atoms with Crippen molar-refractivity contribution in [2.75, 3.05) is 4.72 Å². The van der Waals surface area contributed by atoms with Gasteiger partial charge in [0.1, 0.15) is 28.0 Å². The predicted octanol–water partition coefficient (Wildman–Crippen LogP) is 5.52. The van der Waals surface area contributed by atoms with Crippen LogP contribution in [0.3, 0.4) is 0 Å². The Hall–Kier alpha value is -4.58. The van der Waals surface area contributed by atoms with E-state index < -0.39 is 55.2 Å². The number of nitrogens with one attached hydrogen (secondary N) is 2. The monoisotopic (exact) mass is 540 g/mol. The molecule has 5 rings (SSSR count). The van der Waals surface area contributed by atoms with E-state index in [9.17, 15) is 26.4 Å². The summed E-state index contributed by atoms with van der Waals surface area (Å²) in [4.78, 5) is 23.7. The molecule has 5 aromatic rings. The van der Waals surface area contributed by atoms with Crippen LogP contribution in [-0.2, 0) is 10.0 Å². The first kappa shape index (κ1) is 25.1. The molecule has 2 N–H and O–H groups in total. The first-order valence-corrected chi connectivity index (χ1v) is 12.4. The highest BCUT2D eigenvalue weighted by atomic mass is 32.2. The van der Waals surface area contributed by atoms with Crippen LogP contribution < -0.4 is 4.72 Å². The number of H-pyrrole nitrogens is 1. The summed E-state index contributed by atoms with van der Waals surface area (Å²) in [6, 6.07) is 10.0. The average Bonchev–Trinajstić information content (AvgIpc) is 3.30. The molecule has 2 aromatic carbocycles. The molecule has 0 bridgehead atoms. The maximum Gasteiger partial charge on any atom is 0.265 e. The van der Waals surface area contributed by atoms with Gasteiger partial charge in [-0.25, -0.2) is 31.0 Å². The van der Waals surface area contributed by atoms with Crippen LogP contribution in [0.4, 0.5) is 23.2 Å². The SMILES string of the molecule is Cc1cccc(-c2cnc3[nH]cc(C(=O)c4c(F)ccc(NS(=O)(=O)c5cc(F)ccc5F)c4F)c3c2)n1. The van der Waals surface area contributed by atoms with Gasteiger partial charge in [-0.2, -0.15) is 0 Å². The second-order valence-corrected chi connectivity index (χ2v) is 9.93.